The van der Waals surface area contributed by atoms with E-state index >= 15 is 0 Å². The summed E-state index contributed by atoms with van der Waals surface area (Å²) in [5, 5.41) is 1.72. The minimum atomic E-state index is -3.55. The van der Waals surface area contributed by atoms with E-state index in [-0.39, 0.29) is 13.2 Å². The van der Waals surface area contributed by atoms with Crippen LogP contribution in [0.2, 0.25) is 5.02 Å². The molecule has 0 aliphatic carbocycles. The Balaban J connectivity index is 1.86. The monoisotopic (exact) mass is 451 g/mol. The second-order valence-corrected chi connectivity index (χ2v) is 9.11. The van der Waals surface area contributed by atoms with Gasteiger partial charge >= 0.3 is 5.97 Å². The molecule has 8 heteroatoms. The van der Waals surface area contributed by atoms with Crippen LogP contribution in [-0.4, -0.2) is 33.1 Å². The quantitative estimate of drug-likeness (QED) is 0.547. The fourth-order valence-electron chi connectivity index (χ4n) is 2.49. The fourth-order valence-corrected chi connectivity index (χ4v) is 3.44. The standard InChI is InChI=1S/C22H26ClNO5S/c1-4-28-21(25)22(2,3)29-20-11-7-17(8-12-20)13-15-24-30(26,27)16-14-18-5-9-19(23)10-6-18/h5-12,14,16,24H,4,13,15H2,1-3H3. The maximum atomic E-state index is 12.1. The van der Waals surface area contributed by atoms with Crippen LogP contribution in [0.15, 0.2) is 53.9 Å². The molecule has 0 spiro atoms. The first-order valence-electron chi connectivity index (χ1n) is 9.50. The topological polar surface area (TPSA) is 81.7 Å². The van der Waals surface area contributed by atoms with E-state index in [9.17, 15) is 13.2 Å². The highest BCUT2D eigenvalue weighted by Crippen LogP contribution is 2.20. The lowest BCUT2D eigenvalue weighted by molar-refractivity contribution is -0.158. The lowest BCUT2D eigenvalue weighted by Crippen LogP contribution is -2.39. The first-order valence-corrected chi connectivity index (χ1v) is 11.4. The van der Waals surface area contributed by atoms with Gasteiger partial charge in [-0.25, -0.2) is 17.9 Å². The Morgan fingerprint density at radius 1 is 1.10 bits per heavy atom. The number of benzene rings is 2. The van der Waals surface area contributed by atoms with Crippen molar-refractivity contribution in [3.63, 3.8) is 0 Å². The molecule has 2 rings (SSSR count). The third-order valence-electron chi connectivity index (χ3n) is 4.09. The summed E-state index contributed by atoms with van der Waals surface area (Å²) in [7, 11) is -3.55. The van der Waals surface area contributed by atoms with Gasteiger partial charge in [0, 0.05) is 17.0 Å². The van der Waals surface area contributed by atoms with Crippen molar-refractivity contribution in [3.8, 4) is 5.75 Å². The minimum Gasteiger partial charge on any atom is -0.476 e. The SMILES string of the molecule is CCOC(=O)C(C)(C)Oc1ccc(CCNS(=O)(=O)C=Cc2ccc(Cl)cc2)cc1. The van der Waals surface area contributed by atoms with E-state index in [1.807, 2.05) is 12.1 Å². The van der Waals surface area contributed by atoms with Crippen molar-refractivity contribution in [2.75, 3.05) is 13.2 Å². The molecule has 0 fully saturated rings. The Morgan fingerprint density at radius 2 is 1.73 bits per heavy atom. The number of carbonyl (C=O) groups is 1. The first-order chi connectivity index (χ1) is 14.1. The molecule has 2 aromatic rings. The number of hydrogen-bond donors (Lipinski definition) is 1. The Bertz CT molecular complexity index is 968. The van der Waals surface area contributed by atoms with Gasteiger partial charge in [0.15, 0.2) is 5.60 Å². The number of sulfonamides is 1. The largest absolute Gasteiger partial charge is 0.476 e. The van der Waals surface area contributed by atoms with Gasteiger partial charge in [-0.2, -0.15) is 0 Å². The summed E-state index contributed by atoms with van der Waals surface area (Å²) in [5.41, 5.74) is 0.579. The van der Waals surface area contributed by atoms with Crippen LogP contribution in [0.3, 0.4) is 0 Å². The third-order valence-corrected chi connectivity index (χ3v) is 5.44. The molecular weight excluding hydrogens is 426 g/mol. The molecule has 0 atom stereocenters. The number of hydrogen-bond acceptors (Lipinski definition) is 5. The predicted octanol–water partition coefficient (Wildman–Crippen LogP) is 4.19. The van der Waals surface area contributed by atoms with E-state index in [4.69, 9.17) is 21.1 Å². The highest BCUT2D eigenvalue weighted by Gasteiger charge is 2.31. The zero-order valence-corrected chi connectivity index (χ0v) is 18.8. The van der Waals surface area contributed by atoms with Crippen molar-refractivity contribution in [1.82, 2.24) is 4.72 Å². The molecule has 0 aliphatic rings. The summed E-state index contributed by atoms with van der Waals surface area (Å²) in [5.74, 6) is 0.0958. The van der Waals surface area contributed by atoms with Gasteiger partial charge in [-0.3, -0.25) is 0 Å². The Hall–Kier alpha value is -2.35. The molecule has 0 saturated heterocycles. The number of rotatable bonds is 10. The van der Waals surface area contributed by atoms with E-state index < -0.39 is 21.6 Å². The average molecular weight is 452 g/mol. The Labute approximate surface area is 182 Å². The molecule has 0 bridgehead atoms. The normalized spacial score (nSPS) is 12.1. The number of carbonyl (C=O) groups excluding carboxylic acids is 1. The summed E-state index contributed by atoms with van der Waals surface area (Å²) >= 11 is 5.81. The molecule has 30 heavy (non-hydrogen) atoms. The van der Waals surface area contributed by atoms with E-state index in [2.05, 4.69) is 4.72 Å². The van der Waals surface area contributed by atoms with Gasteiger partial charge in [0.25, 0.3) is 0 Å². The van der Waals surface area contributed by atoms with Crippen molar-refractivity contribution in [3.05, 3.63) is 70.1 Å². The molecule has 0 radical (unpaired) electrons. The Kier molecular flexibility index (Phi) is 8.46. The molecule has 0 unspecified atom stereocenters. The zero-order chi connectivity index (χ0) is 22.2. The molecule has 6 nitrogen and oxygen atoms in total. The molecule has 162 valence electrons. The van der Waals surface area contributed by atoms with Crippen LogP contribution < -0.4 is 9.46 Å². The summed E-state index contributed by atoms with van der Waals surface area (Å²) in [6, 6.07) is 14.0. The van der Waals surface area contributed by atoms with Crippen LogP contribution in [0, 0.1) is 0 Å². The zero-order valence-electron chi connectivity index (χ0n) is 17.2. The third kappa shape index (κ3) is 7.82. The van der Waals surface area contributed by atoms with Gasteiger partial charge in [-0.1, -0.05) is 35.9 Å². The van der Waals surface area contributed by atoms with Crippen LogP contribution in [0.1, 0.15) is 31.9 Å². The second kappa shape index (κ2) is 10.6. The van der Waals surface area contributed by atoms with Crippen molar-refractivity contribution >= 4 is 33.7 Å². The van der Waals surface area contributed by atoms with Gasteiger partial charge in [0.1, 0.15) is 5.75 Å². The number of nitrogens with one attached hydrogen (secondary N) is 1. The molecule has 0 heterocycles. The molecule has 2 aromatic carbocycles. The second-order valence-electron chi connectivity index (χ2n) is 7.02. The van der Waals surface area contributed by atoms with E-state index in [1.54, 1.807) is 57.2 Å². The summed E-state index contributed by atoms with van der Waals surface area (Å²) in [4.78, 5) is 11.9. The molecular formula is C22H26ClNO5S. The van der Waals surface area contributed by atoms with Crippen LogP contribution in [0.25, 0.3) is 6.08 Å². The molecule has 0 saturated carbocycles. The number of esters is 1. The number of ether oxygens (including phenoxy) is 2. The van der Waals surface area contributed by atoms with Crippen molar-refractivity contribution < 1.29 is 22.7 Å². The summed E-state index contributed by atoms with van der Waals surface area (Å²) < 4.78 is 37.4. The van der Waals surface area contributed by atoms with Crippen LogP contribution in [0.5, 0.6) is 5.75 Å². The maximum Gasteiger partial charge on any atom is 0.349 e. The van der Waals surface area contributed by atoms with Crippen molar-refractivity contribution in [2.24, 2.45) is 0 Å². The van der Waals surface area contributed by atoms with Gasteiger partial charge in [0.2, 0.25) is 10.0 Å². The highest BCUT2D eigenvalue weighted by atomic mass is 35.5. The summed E-state index contributed by atoms with van der Waals surface area (Å²) in [6.07, 6.45) is 2.02. The lowest BCUT2D eigenvalue weighted by atomic mass is 10.1. The van der Waals surface area contributed by atoms with Crippen LogP contribution >= 0.6 is 11.6 Å². The maximum absolute atomic E-state index is 12.1. The van der Waals surface area contributed by atoms with Gasteiger partial charge in [-0.15, -0.1) is 0 Å². The van der Waals surface area contributed by atoms with Crippen molar-refractivity contribution in [1.29, 1.82) is 0 Å². The van der Waals surface area contributed by atoms with E-state index in [0.717, 1.165) is 16.5 Å². The molecule has 1 N–H and O–H groups in total. The van der Waals surface area contributed by atoms with Crippen LogP contribution in [0.4, 0.5) is 0 Å². The number of halogens is 1. The highest BCUT2D eigenvalue weighted by molar-refractivity contribution is 7.92. The molecule has 0 amide bonds. The fraction of sp³-hybridized carbons (Fsp3) is 0.318. The van der Waals surface area contributed by atoms with Crippen LogP contribution in [-0.2, 0) is 26.0 Å². The van der Waals surface area contributed by atoms with Crippen molar-refractivity contribution in [2.45, 2.75) is 32.8 Å². The van der Waals surface area contributed by atoms with E-state index in [1.165, 1.54) is 6.08 Å². The average Bonchev–Trinajstić information content (AvgIpc) is 2.69. The summed E-state index contributed by atoms with van der Waals surface area (Å²) in [6.45, 7) is 5.57. The molecule has 0 aromatic heterocycles. The Morgan fingerprint density at radius 3 is 2.33 bits per heavy atom. The van der Waals surface area contributed by atoms with E-state index in [0.29, 0.717) is 17.2 Å². The lowest BCUT2D eigenvalue weighted by Gasteiger charge is -2.24. The first kappa shape index (κ1) is 23.9. The smallest absolute Gasteiger partial charge is 0.349 e. The van der Waals surface area contributed by atoms with Gasteiger partial charge < -0.3 is 9.47 Å². The van der Waals surface area contributed by atoms with Gasteiger partial charge in [0.05, 0.1) is 6.61 Å². The predicted molar refractivity (Wildman–Crippen MR) is 119 cm³/mol. The minimum absolute atomic E-state index is 0.252. The molecule has 0 aliphatic heterocycles. The van der Waals surface area contributed by atoms with Gasteiger partial charge in [-0.05, 0) is 68.7 Å².